The molecule has 1 saturated carbocycles. The Morgan fingerprint density at radius 1 is 1.19 bits per heavy atom. The molecule has 8 heteroatoms. The maximum atomic E-state index is 13.6. The molecule has 1 fully saturated rings. The number of fused-ring (bicyclic) bond motifs is 2. The number of halogens is 1. The Bertz CT molecular complexity index is 1190. The van der Waals surface area contributed by atoms with Gasteiger partial charge in [0.25, 0.3) is 0 Å². The van der Waals surface area contributed by atoms with Gasteiger partial charge >= 0.3 is 5.97 Å². The smallest absolute Gasteiger partial charge is 0.313 e. The van der Waals surface area contributed by atoms with E-state index in [1.807, 2.05) is 42.5 Å². The van der Waals surface area contributed by atoms with Gasteiger partial charge in [-0.05, 0) is 23.3 Å². The highest BCUT2D eigenvalue weighted by atomic mass is 79.9. The minimum Gasteiger partial charge on any atom is -0.474 e. The molecule has 1 N–H and O–H groups in total. The summed E-state index contributed by atoms with van der Waals surface area (Å²) >= 11 is 3.42. The first-order chi connectivity index (χ1) is 14.8. The van der Waals surface area contributed by atoms with Gasteiger partial charge in [-0.3, -0.25) is 14.3 Å². The second-order valence-electron chi connectivity index (χ2n) is 7.84. The lowest BCUT2D eigenvalue weighted by Crippen LogP contribution is -2.80. The van der Waals surface area contributed by atoms with Crippen LogP contribution in [0.5, 0.6) is 5.75 Å². The highest BCUT2D eigenvalue weighted by Gasteiger charge is 2.82. The van der Waals surface area contributed by atoms with Crippen LogP contribution < -0.4 is 4.74 Å². The number of hydrogen-bond acceptors (Lipinski definition) is 6. The van der Waals surface area contributed by atoms with Gasteiger partial charge in [-0.2, -0.15) is 5.10 Å². The summed E-state index contributed by atoms with van der Waals surface area (Å²) in [5.74, 6) is -2.89. The average Bonchev–Trinajstić information content (AvgIpc) is 3.15. The lowest BCUT2D eigenvalue weighted by Gasteiger charge is -2.64. The number of carbonyl (C=O) groups is 2. The molecule has 158 valence electrons. The molecule has 7 nitrogen and oxygen atoms in total. The van der Waals surface area contributed by atoms with E-state index in [2.05, 4.69) is 21.0 Å². The summed E-state index contributed by atoms with van der Waals surface area (Å²) in [6, 6.07) is 16.4. The van der Waals surface area contributed by atoms with Gasteiger partial charge in [0.15, 0.2) is 22.6 Å². The standard InChI is InChI=1S/C23H19BrN2O5/c1-26-12-16-19(25-26)20(27)22(29)18(21(28)30-2)17(13-6-4-3-5-7-13)23(22,31-16)14-8-10-15(24)11-9-14/h3-12,17-18,29H,1-2H3. The fourth-order valence-electron chi connectivity index (χ4n) is 5.03. The predicted molar refractivity (Wildman–Crippen MR) is 114 cm³/mol. The van der Waals surface area contributed by atoms with E-state index < -0.39 is 34.8 Å². The molecular weight excluding hydrogens is 464 g/mol. The van der Waals surface area contributed by atoms with Gasteiger partial charge in [-0.1, -0.05) is 58.4 Å². The van der Waals surface area contributed by atoms with Crippen molar-refractivity contribution < 1.29 is 24.2 Å². The van der Waals surface area contributed by atoms with Gasteiger partial charge in [0.1, 0.15) is 5.92 Å². The summed E-state index contributed by atoms with van der Waals surface area (Å²) < 4.78 is 13.8. The molecule has 4 atom stereocenters. The quantitative estimate of drug-likeness (QED) is 0.577. The number of aliphatic hydroxyl groups is 1. The molecule has 0 radical (unpaired) electrons. The van der Waals surface area contributed by atoms with E-state index in [0.717, 1.165) is 10.0 Å². The SMILES string of the molecule is COC(=O)C1C(c2ccccc2)C2(c3ccc(Br)cc3)Oc3cn(C)nc3C(=O)C12O. The van der Waals surface area contributed by atoms with Crippen molar-refractivity contribution in [3.63, 3.8) is 0 Å². The molecule has 0 bridgehead atoms. The minimum atomic E-state index is -2.18. The third-order valence-electron chi connectivity index (χ3n) is 6.30. The molecule has 31 heavy (non-hydrogen) atoms. The van der Waals surface area contributed by atoms with Crippen molar-refractivity contribution in [2.75, 3.05) is 7.11 Å². The molecule has 0 spiro atoms. The molecule has 0 amide bonds. The Morgan fingerprint density at radius 3 is 2.52 bits per heavy atom. The van der Waals surface area contributed by atoms with Gasteiger partial charge in [0.2, 0.25) is 5.78 Å². The molecule has 4 unspecified atom stereocenters. The van der Waals surface area contributed by atoms with Crippen molar-refractivity contribution in [2.24, 2.45) is 13.0 Å². The largest absolute Gasteiger partial charge is 0.474 e. The lowest BCUT2D eigenvalue weighted by atomic mass is 9.44. The third kappa shape index (κ3) is 2.46. The van der Waals surface area contributed by atoms with Crippen LogP contribution in [0.1, 0.15) is 27.5 Å². The van der Waals surface area contributed by atoms with E-state index in [4.69, 9.17) is 9.47 Å². The highest BCUT2D eigenvalue weighted by Crippen LogP contribution is 2.68. The van der Waals surface area contributed by atoms with Crippen molar-refractivity contribution in [3.05, 3.63) is 82.1 Å². The minimum absolute atomic E-state index is 0.00171. The predicted octanol–water partition coefficient (Wildman–Crippen LogP) is 2.97. The van der Waals surface area contributed by atoms with Crippen LogP contribution in [0.25, 0.3) is 0 Å². The van der Waals surface area contributed by atoms with E-state index in [1.54, 1.807) is 25.4 Å². The Labute approximate surface area is 186 Å². The van der Waals surface area contributed by atoms with Gasteiger partial charge < -0.3 is 14.6 Å². The van der Waals surface area contributed by atoms with Gasteiger partial charge in [0, 0.05) is 17.4 Å². The number of methoxy groups -OCH3 is 1. The number of aromatic nitrogens is 2. The normalized spacial score (nSPS) is 28.7. The Kier molecular flexibility index (Phi) is 4.36. The zero-order valence-corrected chi connectivity index (χ0v) is 18.4. The van der Waals surface area contributed by atoms with Crippen LogP contribution in [0.2, 0.25) is 0 Å². The lowest BCUT2D eigenvalue weighted by molar-refractivity contribution is -0.251. The topological polar surface area (TPSA) is 90.7 Å². The van der Waals surface area contributed by atoms with E-state index in [9.17, 15) is 14.7 Å². The Hall–Kier alpha value is -2.97. The number of nitrogens with zero attached hydrogens (tertiary/aromatic N) is 2. The van der Waals surface area contributed by atoms with E-state index in [-0.39, 0.29) is 11.4 Å². The first-order valence-electron chi connectivity index (χ1n) is 9.73. The van der Waals surface area contributed by atoms with Gasteiger partial charge in [-0.25, -0.2) is 0 Å². The summed E-state index contributed by atoms with van der Waals surface area (Å²) in [5, 5.41) is 16.2. The first kappa shape index (κ1) is 20.0. The molecule has 1 aliphatic heterocycles. The maximum absolute atomic E-state index is 13.6. The summed E-state index contributed by atoms with van der Waals surface area (Å²) in [6.45, 7) is 0. The van der Waals surface area contributed by atoms with Crippen LogP contribution in [0, 0.1) is 5.92 Å². The number of ketones is 1. The maximum Gasteiger partial charge on any atom is 0.313 e. The van der Waals surface area contributed by atoms with Crippen LogP contribution in [0.4, 0.5) is 0 Å². The number of hydrogen-bond donors (Lipinski definition) is 1. The molecule has 5 rings (SSSR count). The van der Waals surface area contributed by atoms with Gasteiger partial charge in [0.05, 0.1) is 13.3 Å². The highest BCUT2D eigenvalue weighted by molar-refractivity contribution is 9.10. The third-order valence-corrected chi connectivity index (χ3v) is 6.83. The van der Waals surface area contributed by atoms with Crippen LogP contribution in [-0.2, 0) is 22.2 Å². The molecule has 2 heterocycles. The molecular formula is C23H19BrN2O5. The fourth-order valence-corrected chi connectivity index (χ4v) is 5.29. The summed E-state index contributed by atoms with van der Waals surface area (Å²) in [5.41, 5.74) is -2.38. The van der Waals surface area contributed by atoms with Crippen molar-refractivity contribution in [3.8, 4) is 5.75 Å². The molecule has 3 aromatic rings. The second kappa shape index (κ2) is 6.77. The van der Waals surface area contributed by atoms with Gasteiger partial charge in [-0.15, -0.1) is 0 Å². The molecule has 1 aromatic heterocycles. The summed E-state index contributed by atoms with van der Waals surface area (Å²) in [6.07, 6.45) is 1.60. The van der Waals surface area contributed by atoms with Crippen LogP contribution in [0.3, 0.4) is 0 Å². The van der Waals surface area contributed by atoms with Crippen molar-refractivity contribution in [1.82, 2.24) is 9.78 Å². The Balaban J connectivity index is 1.83. The number of ether oxygens (including phenoxy) is 2. The van der Waals surface area contributed by atoms with E-state index in [0.29, 0.717) is 5.56 Å². The number of Topliss-reactive ketones (excluding diaryl/α,β-unsaturated/α-hetero) is 1. The first-order valence-corrected chi connectivity index (χ1v) is 10.5. The average molecular weight is 483 g/mol. The van der Waals surface area contributed by atoms with E-state index in [1.165, 1.54) is 11.8 Å². The zero-order chi connectivity index (χ0) is 22.0. The number of benzene rings is 2. The fraction of sp³-hybridized carbons (Fsp3) is 0.261. The molecule has 2 aliphatic rings. The van der Waals surface area contributed by atoms with Crippen LogP contribution in [0.15, 0.2) is 65.3 Å². The molecule has 1 aliphatic carbocycles. The second-order valence-corrected chi connectivity index (χ2v) is 8.76. The Morgan fingerprint density at radius 2 is 1.87 bits per heavy atom. The van der Waals surface area contributed by atoms with Crippen molar-refractivity contribution in [1.29, 1.82) is 0 Å². The molecule has 0 saturated heterocycles. The number of carbonyl (C=O) groups excluding carboxylic acids is 2. The monoisotopic (exact) mass is 482 g/mol. The molecule has 2 aromatic carbocycles. The number of rotatable bonds is 3. The van der Waals surface area contributed by atoms with Crippen molar-refractivity contribution in [2.45, 2.75) is 17.1 Å². The van der Waals surface area contributed by atoms with E-state index >= 15 is 0 Å². The zero-order valence-electron chi connectivity index (χ0n) is 16.8. The van der Waals surface area contributed by atoms with Crippen LogP contribution >= 0.6 is 15.9 Å². The number of aryl methyl sites for hydroxylation is 1. The van der Waals surface area contributed by atoms with Crippen molar-refractivity contribution >= 4 is 27.7 Å². The summed E-state index contributed by atoms with van der Waals surface area (Å²) in [7, 11) is 2.91. The summed E-state index contributed by atoms with van der Waals surface area (Å²) in [4.78, 5) is 26.5. The van der Waals surface area contributed by atoms with Crippen LogP contribution in [-0.4, -0.2) is 39.4 Å². The number of esters is 1.